The number of carbonyl (C=O) groups is 1. The zero-order valence-electron chi connectivity index (χ0n) is 18.6. The standard InChI is InChI=1S/C24H23FN6O2/c1-29(2)18-9-7-15(8-10-18)24(32)31-12-11-20-19(14-31)21(27-30(20)3)23-26-22(28-33-23)16-5-4-6-17(25)13-16/h4-10,13H,11-12,14H2,1-3H3. The molecule has 1 aliphatic heterocycles. The molecule has 0 aliphatic carbocycles. The predicted molar refractivity (Wildman–Crippen MR) is 121 cm³/mol. The van der Waals surface area contributed by atoms with Crippen LogP contribution >= 0.6 is 0 Å². The maximum atomic E-state index is 13.6. The second kappa shape index (κ2) is 8.16. The highest BCUT2D eigenvalue weighted by Crippen LogP contribution is 2.31. The van der Waals surface area contributed by atoms with Crippen LogP contribution in [-0.4, -0.2) is 51.4 Å². The van der Waals surface area contributed by atoms with Gasteiger partial charge in [0.25, 0.3) is 11.8 Å². The zero-order chi connectivity index (χ0) is 23.1. The Kier molecular flexibility index (Phi) is 5.16. The number of fused-ring (bicyclic) bond motifs is 1. The molecule has 0 unspecified atom stereocenters. The van der Waals surface area contributed by atoms with E-state index in [1.54, 1.807) is 16.8 Å². The Labute approximate surface area is 190 Å². The van der Waals surface area contributed by atoms with Gasteiger partial charge in [-0.2, -0.15) is 10.1 Å². The number of hydrogen-bond donors (Lipinski definition) is 0. The molecule has 33 heavy (non-hydrogen) atoms. The van der Waals surface area contributed by atoms with Crippen LogP contribution in [0.4, 0.5) is 10.1 Å². The molecule has 0 saturated carbocycles. The molecule has 8 nitrogen and oxygen atoms in total. The summed E-state index contributed by atoms with van der Waals surface area (Å²) in [7, 11) is 5.79. The number of hydrogen-bond acceptors (Lipinski definition) is 6. The van der Waals surface area contributed by atoms with Gasteiger partial charge >= 0.3 is 0 Å². The molecule has 1 amide bonds. The first-order valence-corrected chi connectivity index (χ1v) is 10.6. The molecular weight excluding hydrogens is 423 g/mol. The molecule has 0 spiro atoms. The molecule has 9 heteroatoms. The van der Waals surface area contributed by atoms with Crippen LogP contribution in [0.2, 0.25) is 0 Å². The molecule has 168 valence electrons. The van der Waals surface area contributed by atoms with Gasteiger partial charge in [-0.25, -0.2) is 4.39 Å². The first-order valence-electron chi connectivity index (χ1n) is 10.6. The smallest absolute Gasteiger partial charge is 0.279 e. The Morgan fingerprint density at radius 1 is 1.15 bits per heavy atom. The SMILES string of the molecule is CN(C)c1ccc(C(=O)N2CCc3c(c(-c4nc(-c5cccc(F)c5)no4)nn3C)C2)cc1. The van der Waals surface area contributed by atoms with Crippen molar-refractivity contribution >= 4 is 11.6 Å². The molecule has 2 aromatic carbocycles. The number of halogens is 1. The van der Waals surface area contributed by atoms with E-state index in [0.29, 0.717) is 36.3 Å². The first-order chi connectivity index (χ1) is 15.9. The summed E-state index contributed by atoms with van der Waals surface area (Å²) in [4.78, 5) is 21.4. The van der Waals surface area contributed by atoms with Gasteiger partial charge in [0.15, 0.2) is 5.69 Å². The second-order valence-electron chi connectivity index (χ2n) is 8.25. The van der Waals surface area contributed by atoms with Crippen molar-refractivity contribution < 1.29 is 13.7 Å². The lowest BCUT2D eigenvalue weighted by Gasteiger charge is -2.27. The minimum atomic E-state index is -0.373. The number of carbonyl (C=O) groups excluding carboxylic acids is 1. The highest BCUT2D eigenvalue weighted by atomic mass is 19.1. The van der Waals surface area contributed by atoms with Crippen LogP contribution in [0.15, 0.2) is 53.1 Å². The fraction of sp³-hybridized carbons (Fsp3) is 0.250. The Morgan fingerprint density at radius 2 is 1.94 bits per heavy atom. The number of benzene rings is 2. The Bertz CT molecular complexity index is 1330. The minimum absolute atomic E-state index is 0.0354. The van der Waals surface area contributed by atoms with E-state index in [0.717, 1.165) is 16.9 Å². The van der Waals surface area contributed by atoms with Crippen molar-refractivity contribution in [1.82, 2.24) is 24.8 Å². The number of amides is 1. The Balaban J connectivity index is 1.43. The van der Waals surface area contributed by atoms with Gasteiger partial charge in [0, 0.05) is 62.2 Å². The average molecular weight is 446 g/mol. The molecule has 0 fully saturated rings. The third-order valence-electron chi connectivity index (χ3n) is 5.87. The van der Waals surface area contributed by atoms with Crippen molar-refractivity contribution in [3.05, 3.63) is 71.2 Å². The Hall–Kier alpha value is -4.01. The molecule has 4 aromatic rings. The van der Waals surface area contributed by atoms with Crippen molar-refractivity contribution in [2.45, 2.75) is 13.0 Å². The number of anilines is 1. The van der Waals surface area contributed by atoms with E-state index in [2.05, 4.69) is 15.2 Å². The summed E-state index contributed by atoms with van der Waals surface area (Å²) in [5, 5.41) is 8.59. The van der Waals surface area contributed by atoms with Crippen LogP contribution in [-0.2, 0) is 20.0 Å². The van der Waals surface area contributed by atoms with E-state index in [-0.39, 0.29) is 23.4 Å². The van der Waals surface area contributed by atoms with E-state index in [1.165, 1.54) is 12.1 Å². The lowest BCUT2D eigenvalue weighted by Crippen LogP contribution is -2.36. The van der Waals surface area contributed by atoms with Crippen molar-refractivity contribution in [1.29, 1.82) is 0 Å². The summed E-state index contributed by atoms with van der Waals surface area (Å²) >= 11 is 0. The normalized spacial score (nSPS) is 13.2. The highest BCUT2D eigenvalue weighted by Gasteiger charge is 2.30. The molecule has 0 saturated heterocycles. The molecular formula is C24H23FN6O2. The number of nitrogens with zero attached hydrogens (tertiary/aromatic N) is 6. The van der Waals surface area contributed by atoms with Crippen LogP contribution in [0.1, 0.15) is 21.6 Å². The Morgan fingerprint density at radius 3 is 2.67 bits per heavy atom. The second-order valence-corrected chi connectivity index (χ2v) is 8.25. The van der Waals surface area contributed by atoms with Crippen molar-refractivity contribution in [2.75, 3.05) is 25.5 Å². The van der Waals surface area contributed by atoms with Gasteiger partial charge in [-0.05, 0) is 36.4 Å². The maximum Gasteiger partial charge on any atom is 0.279 e. The third kappa shape index (κ3) is 3.86. The van der Waals surface area contributed by atoms with Crippen LogP contribution < -0.4 is 4.90 Å². The monoisotopic (exact) mass is 446 g/mol. The van der Waals surface area contributed by atoms with E-state index in [1.807, 2.05) is 55.2 Å². The molecule has 5 rings (SSSR count). The number of aromatic nitrogens is 4. The van der Waals surface area contributed by atoms with Crippen molar-refractivity contribution in [3.8, 4) is 23.0 Å². The number of aryl methyl sites for hydroxylation is 1. The summed E-state index contributed by atoms with van der Waals surface area (Å²) in [5.74, 6) is 0.123. The van der Waals surface area contributed by atoms with Crippen LogP contribution in [0, 0.1) is 5.82 Å². The highest BCUT2D eigenvalue weighted by molar-refractivity contribution is 5.94. The minimum Gasteiger partial charge on any atom is -0.378 e. The fourth-order valence-corrected chi connectivity index (χ4v) is 4.09. The third-order valence-corrected chi connectivity index (χ3v) is 5.87. The van der Waals surface area contributed by atoms with Crippen LogP contribution in [0.5, 0.6) is 0 Å². The van der Waals surface area contributed by atoms with E-state index >= 15 is 0 Å². The van der Waals surface area contributed by atoms with Gasteiger partial charge in [0.05, 0.1) is 6.54 Å². The largest absolute Gasteiger partial charge is 0.378 e. The predicted octanol–water partition coefficient (Wildman–Crippen LogP) is 3.54. The van der Waals surface area contributed by atoms with Crippen molar-refractivity contribution in [2.24, 2.45) is 7.05 Å². The molecule has 0 N–H and O–H groups in total. The van der Waals surface area contributed by atoms with Gasteiger partial charge < -0.3 is 14.3 Å². The molecule has 0 atom stereocenters. The lowest BCUT2D eigenvalue weighted by atomic mass is 10.0. The number of rotatable bonds is 4. The molecule has 0 radical (unpaired) electrons. The fourth-order valence-electron chi connectivity index (χ4n) is 4.09. The van der Waals surface area contributed by atoms with Gasteiger partial charge in [-0.3, -0.25) is 9.48 Å². The molecule has 0 bridgehead atoms. The summed E-state index contributed by atoms with van der Waals surface area (Å²) in [5.41, 5.74) is 4.66. The van der Waals surface area contributed by atoms with E-state index < -0.39 is 0 Å². The summed E-state index contributed by atoms with van der Waals surface area (Å²) in [6, 6.07) is 13.6. The lowest BCUT2D eigenvalue weighted by molar-refractivity contribution is 0.0733. The van der Waals surface area contributed by atoms with Crippen LogP contribution in [0.25, 0.3) is 23.0 Å². The topological polar surface area (TPSA) is 80.3 Å². The summed E-state index contributed by atoms with van der Waals surface area (Å²) < 4.78 is 20.9. The summed E-state index contributed by atoms with van der Waals surface area (Å²) in [6.07, 6.45) is 0.672. The van der Waals surface area contributed by atoms with Crippen LogP contribution in [0.3, 0.4) is 0 Å². The van der Waals surface area contributed by atoms with Gasteiger partial charge in [0.2, 0.25) is 5.82 Å². The molecule has 3 heterocycles. The maximum absolute atomic E-state index is 13.6. The first kappa shape index (κ1) is 20.9. The molecule has 1 aliphatic rings. The van der Waals surface area contributed by atoms with E-state index in [4.69, 9.17) is 4.52 Å². The quantitative estimate of drug-likeness (QED) is 0.477. The zero-order valence-corrected chi connectivity index (χ0v) is 18.6. The van der Waals surface area contributed by atoms with Gasteiger partial charge in [-0.1, -0.05) is 17.3 Å². The average Bonchev–Trinajstić information content (AvgIpc) is 3.43. The molecule has 2 aromatic heterocycles. The van der Waals surface area contributed by atoms with Gasteiger partial charge in [0.1, 0.15) is 5.82 Å². The van der Waals surface area contributed by atoms with Crippen molar-refractivity contribution in [3.63, 3.8) is 0 Å². The van der Waals surface area contributed by atoms with Gasteiger partial charge in [-0.15, -0.1) is 0 Å². The summed E-state index contributed by atoms with van der Waals surface area (Å²) in [6.45, 7) is 0.989. The van der Waals surface area contributed by atoms with E-state index in [9.17, 15) is 9.18 Å².